The Bertz CT molecular complexity index is 629. The number of hydrogen-bond donors (Lipinski definition) is 0. The average Bonchev–Trinajstić information content (AvgIpc) is 2.47. The average molecular weight is 348 g/mol. The zero-order valence-corrected chi connectivity index (χ0v) is 17.6. The van der Waals surface area contributed by atoms with Crippen molar-refractivity contribution in [3.63, 3.8) is 0 Å². The van der Waals surface area contributed by atoms with Crippen LogP contribution in [-0.2, 0) is 11.0 Å². The molecule has 0 radical (unpaired) electrons. The molecule has 0 spiro atoms. The molecule has 0 unspecified atom stereocenters. The summed E-state index contributed by atoms with van der Waals surface area (Å²) in [6.07, 6.45) is 0. The summed E-state index contributed by atoms with van der Waals surface area (Å²) in [5.41, 5.74) is 2.75. The van der Waals surface area contributed by atoms with Gasteiger partial charge in [-0.05, 0) is 31.1 Å². The number of Topliss-reactive ketones (excluding diaryl/α,β-unsaturated/α-hetero) is 1. The normalized spacial score (nSPS) is 17.8. The van der Waals surface area contributed by atoms with Crippen LogP contribution in [0.5, 0.6) is 0 Å². The predicted octanol–water partition coefficient (Wildman–Crippen LogP) is 5.26. The standard InChI is InChI=1S/C20H33NO2Si/c1-9-21-14-20(5,6)18(22)16-12-10-11-15(17(16)21)13-23-24(7,8)19(2,3)4/h10-12H,9,13-14H2,1-8H3. The smallest absolute Gasteiger partial charge is 0.192 e. The lowest BCUT2D eigenvalue weighted by Gasteiger charge is -2.41. The van der Waals surface area contributed by atoms with E-state index in [4.69, 9.17) is 4.43 Å². The highest BCUT2D eigenvalue weighted by Gasteiger charge is 2.40. The fraction of sp³-hybridized carbons (Fsp3) is 0.650. The van der Waals surface area contributed by atoms with Gasteiger partial charge >= 0.3 is 0 Å². The lowest BCUT2D eigenvalue weighted by Crippen LogP contribution is -2.45. The quantitative estimate of drug-likeness (QED) is 0.696. The van der Waals surface area contributed by atoms with E-state index in [1.54, 1.807) is 0 Å². The summed E-state index contributed by atoms with van der Waals surface area (Å²) in [5, 5.41) is 0.185. The van der Waals surface area contributed by atoms with E-state index in [-0.39, 0.29) is 16.2 Å². The maximum atomic E-state index is 12.9. The Balaban J connectivity index is 2.38. The van der Waals surface area contributed by atoms with Crippen molar-refractivity contribution in [2.75, 3.05) is 18.0 Å². The molecule has 0 atom stereocenters. The fourth-order valence-corrected chi connectivity index (χ4v) is 3.95. The van der Waals surface area contributed by atoms with Crippen LogP contribution in [0.3, 0.4) is 0 Å². The molecule has 3 nitrogen and oxygen atoms in total. The molecular formula is C20H33NO2Si. The van der Waals surface area contributed by atoms with E-state index < -0.39 is 8.32 Å². The third-order valence-electron chi connectivity index (χ3n) is 5.66. The number of carbonyl (C=O) groups excluding carboxylic acids is 1. The SMILES string of the molecule is CCN1CC(C)(C)C(=O)c2cccc(CO[Si](C)(C)C(C)(C)C)c21. The van der Waals surface area contributed by atoms with Gasteiger partial charge in [-0.15, -0.1) is 0 Å². The topological polar surface area (TPSA) is 29.5 Å². The van der Waals surface area contributed by atoms with Crippen LogP contribution in [0, 0.1) is 5.41 Å². The highest BCUT2D eigenvalue weighted by Crippen LogP contribution is 2.41. The van der Waals surface area contributed by atoms with E-state index in [9.17, 15) is 4.79 Å². The van der Waals surface area contributed by atoms with E-state index in [0.29, 0.717) is 6.61 Å². The summed E-state index contributed by atoms with van der Waals surface area (Å²) in [5.74, 6) is 0.247. The number of hydrogen-bond acceptors (Lipinski definition) is 3. The van der Waals surface area contributed by atoms with E-state index in [0.717, 1.165) is 29.9 Å². The van der Waals surface area contributed by atoms with Gasteiger partial charge in [0, 0.05) is 29.6 Å². The van der Waals surface area contributed by atoms with Gasteiger partial charge in [-0.25, -0.2) is 0 Å². The highest BCUT2D eigenvalue weighted by molar-refractivity contribution is 6.74. The van der Waals surface area contributed by atoms with Gasteiger partial charge in [-0.3, -0.25) is 4.79 Å². The molecule has 1 heterocycles. The Morgan fingerprint density at radius 3 is 2.42 bits per heavy atom. The Hall–Kier alpha value is -1.13. The first-order valence-corrected chi connectivity index (χ1v) is 11.9. The molecule has 0 fully saturated rings. The van der Waals surface area contributed by atoms with Crippen molar-refractivity contribution in [2.45, 2.75) is 66.3 Å². The van der Waals surface area contributed by atoms with Crippen LogP contribution in [0.4, 0.5) is 5.69 Å². The van der Waals surface area contributed by atoms with Crippen LogP contribution in [0.15, 0.2) is 18.2 Å². The molecule has 1 aromatic carbocycles. The van der Waals surface area contributed by atoms with Crippen LogP contribution in [0.1, 0.15) is 57.5 Å². The lowest BCUT2D eigenvalue weighted by atomic mass is 9.79. The van der Waals surface area contributed by atoms with Crippen LogP contribution in [0.2, 0.25) is 18.1 Å². The number of fused-ring (bicyclic) bond motifs is 1. The molecule has 0 bridgehead atoms. The number of anilines is 1. The van der Waals surface area contributed by atoms with Gasteiger partial charge in [0.2, 0.25) is 0 Å². The fourth-order valence-electron chi connectivity index (χ4n) is 3.00. The van der Waals surface area contributed by atoms with Gasteiger partial charge in [0.15, 0.2) is 14.1 Å². The van der Waals surface area contributed by atoms with Gasteiger partial charge in [-0.1, -0.05) is 46.8 Å². The summed E-state index contributed by atoms with van der Waals surface area (Å²) in [6, 6.07) is 6.08. The molecule has 0 saturated carbocycles. The van der Waals surface area contributed by atoms with Gasteiger partial charge in [-0.2, -0.15) is 0 Å². The second-order valence-electron chi connectivity index (χ2n) is 9.09. The molecule has 134 valence electrons. The first-order valence-electron chi connectivity index (χ1n) is 8.96. The molecule has 0 aliphatic carbocycles. The maximum Gasteiger partial charge on any atom is 0.192 e. The first-order chi connectivity index (χ1) is 10.9. The number of benzene rings is 1. The van der Waals surface area contributed by atoms with Crippen molar-refractivity contribution in [3.8, 4) is 0 Å². The van der Waals surface area contributed by atoms with Gasteiger partial charge < -0.3 is 9.33 Å². The zero-order valence-electron chi connectivity index (χ0n) is 16.6. The minimum absolute atomic E-state index is 0.185. The van der Waals surface area contributed by atoms with E-state index >= 15 is 0 Å². The second-order valence-corrected chi connectivity index (χ2v) is 13.9. The van der Waals surface area contributed by atoms with Crippen molar-refractivity contribution in [3.05, 3.63) is 29.3 Å². The lowest BCUT2D eigenvalue weighted by molar-refractivity contribution is 0.0834. The third-order valence-corrected chi connectivity index (χ3v) is 10.1. The molecule has 1 aliphatic heterocycles. The molecule has 0 amide bonds. The number of nitrogens with zero attached hydrogens (tertiary/aromatic N) is 1. The predicted molar refractivity (Wildman–Crippen MR) is 104 cm³/mol. The summed E-state index contributed by atoms with van der Waals surface area (Å²) in [6.45, 7) is 19.8. The van der Waals surface area contributed by atoms with Crippen molar-refractivity contribution < 1.29 is 9.22 Å². The minimum atomic E-state index is -1.81. The van der Waals surface area contributed by atoms with E-state index in [1.165, 1.54) is 0 Å². The molecule has 0 aromatic heterocycles. The maximum absolute atomic E-state index is 12.9. The molecular weight excluding hydrogens is 314 g/mol. The Kier molecular flexibility index (Phi) is 5.04. The van der Waals surface area contributed by atoms with Crippen molar-refractivity contribution in [1.29, 1.82) is 0 Å². The van der Waals surface area contributed by atoms with Crippen LogP contribution < -0.4 is 4.90 Å². The Labute approximate surface area is 148 Å². The van der Waals surface area contributed by atoms with Gasteiger partial charge in [0.25, 0.3) is 0 Å². The molecule has 1 aliphatic rings. The van der Waals surface area contributed by atoms with E-state index in [1.807, 2.05) is 26.0 Å². The van der Waals surface area contributed by atoms with Crippen LogP contribution >= 0.6 is 0 Å². The Morgan fingerprint density at radius 1 is 1.25 bits per heavy atom. The highest BCUT2D eigenvalue weighted by atomic mass is 28.4. The second kappa shape index (κ2) is 6.30. The van der Waals surface area contributed by atoms with Crippen LogP contribution in [-0.4, -0.2) is 27.2 Å². The molecule has 0 saturated heterocycles. The third kappa shape index (κ3) is 3.45. The summed E-state index contributed by atoms with van der Waals surface area (Å²) < 4.78 is 6.43. The molecule has 2 rings (SSSR count). The van der Waals surface area contributed by atoms with Crippen molar-refractivity contribution >= 4 is 19.8 Å². The number of rotatable bonds is 4. The van der Waals surface area contributed by atoms with Gasteiger partial charge in [0.05, 0.1) is 12.3 Å². The van der Waals surface area contributed by atoms with Crippen molar-refractivity contribution in [2.24, 2.45) is 5.41 Å². The molecule has 4 heteroatoms. The number of ketones is 1. The summed E-state index contributed by atoms with van der Waals surface area (Å²) >= 11 is 0. The monoisotopic (exact) mass is 347 g/mol. The largest absolute Gasteiger partial charge is 0.412 e. The summed E-state index contributed by atoms with van der Waals surface area (Å²) in [4.78, 5) is 15.2. The minimum Gasteiger partial charge on any atom is -0.412 e. The first kappa shape index (κ1) is 19.2. The van der Waals surface area contributed by atoms with E-state index in [2.05, 4.69) is 51.8 Å². The number of para-hydroxylation sites is 1. The Morgan fingerprint density at radius 2 is 1.88 bits per heavy atom. The van der Waals surface area contributed by atoms with Gasteiger partial charge in [0.1, 0.15) is 0 Å². The zero-order chi connectivity index (χ0) is 18.3. The molecule has 1 aromatic rings. The number of carbonyl (C=O) groups is 1. The summed E-state index contributed by atoms with van der Waals surface area (Å²) in [7, 11) is -1.81. The molecule has 0 N–H and O–H groups in total. The van der Waals surface area contributed by atoms with Crippen molar-refractivity contribution in [1.82, 2.24) is 0 Å². The van der Waals surface area contributed by atoms with Crippen LogP contribution in [0.25, 0.3) is 0 Å². The molecule has 24 heavy (non-hydrogen) atoms.